The van der Waals surface area contributed by atoms with E-state index in [0.29, 0.717) is 18.7 Å². The fraction of sp³-hybridized carbons (Fsp3) is 0.350. The van der Waals surface area contributed by atoms with Crippen LogP contribution >= 0.6 is 0 Å². The van der Waals surface area contributed by atoms with Gasteiger partial charge in [0.05, 0.1) is 19.4 Å². The fourth-order valence-corrected chi connectivity index (χ4v) is 3.33. The fourth-order valence-electron chi connectivity index (χ4n) is 3.33. The van der Waals surface area contributed by atoms with Crippen LogP contribution in [0.1, 0.15) is 24.3 Å². The molecule has 0 unspecified atom stereocenters. The molecule has 0 radical (unpaired) electrons. The average molecular weight is 356 g/mol. The first-order chi connectivity index (χ1) is 12.6. The van der Waals surface area contributed by atoms with Gasteiger partial charge in [0.15, 0.2) is 0 Å². The van der Waals surface area contributed by atoms with Crippen molar-refractivity contribution in [2.75, 3.05) is 25.6 Å². The molecule has 26 heavy (non-hydrogen) atoms. The first-order valence-corrected chi connectivity index (χ1v) is 8.65. The number of nitrogens with zero attached hydrogens (tertiary/aromatic N) is 1. The summed E-state index contributed by atoms with van der Waals surface area (Å²) in [6.07, 6.45) is 1.25. The Bertz CT molecular complexity index is 748. The van der Waals surface area contributed by atoms with E-state index in [9.17, 15) is 9.90 Å². The van der Waals surface area contributed by atoms with Crippen molar-refractivity contribution in [1.29, 1.82) is 0 Å². The van der Waals surface area contributed by atoms with Crippen LogP contribution in [0.3, 0.4) is 0 Å². The third kappa shape index (κ3) is 3.98. The molecule has 0 aliphatic carbocycles. The lowest BCUT2D eigenvalue weighted by molar-refractivity contribution is -0.105. The van der Waals surface area contributed by atoms with Gasteiger partial charge in [0.25, 0.3) is 0 Å². The molecule has 2 N–H and O–H groups in total. The van der Waals surface area contributed by atoms with E-state index >= 15 is 0 Å². The standard InChI is InChI=1S/C20H24N2O4/c1-14(11-15-3-6-17(25-2)7-4-15)22-9-10-26-20(22)16-5-8-19(24)18(12-16)21-13-23/h3-8,12-14,20,24H,9-11H2,1-2H3,(H,21,23)/t14-,20-/m1/s1. The number of hydrogen-bond donors (Lipinski definition) is 2. The van der Waals surface area contributed by atoms with E-state index in [0.717, 1.165) is 24.3 Å². The van der Waals surface area contributed by atoms with Gasteiger partial charge in [0.2, 0.25) is 6.41 Å². The number of phenols is 1. The maximum Gasteiger partial charge on any atom is 0.211 e. The van der Waals surface area contributed by atoms with Crippen molar-refractivity contribution < 1.29 is 19.4 Å². The van der Waals surface area contributed by atoms with E-state index < -0.39 is 0 Å². The van der Waals surface area contributed by atoms with Crippen molar-refractivity contribution in [3.63, 3.8) is 0 Å². The molecule has 1 amide bonds. The van der Waals surface area contributed by atoms with E-state index in [1.807, 2.05) is 18.2 Å². The van der Waals surface area contributed by atoms with Gasteiger partial charge >= 0.3 is 0 Å². The molecule has 0 spiro atoms. The topological polar surface area (TPSA) is 71.0 Å². The lowest BCUT2D eigenvalue weighted by atomic mass is 10.0. The first-order valence-electron chi connectivity index (χ1n) is 8.65. The van der Waals surface area contributed by atoms with Crippen molar-refractivity contribution in [2.24, 2.45) is 0 Å². The molecule has 1 saturated heterocycles. The highest BCUT2D eigenvalue weighted by Gasteiger charge is 2.31. The van der Waals surface area contributed by atoms with Crippen molar-refractivity contribution in [2.45, 2.75) is 25.6 Å². The lowest BCUT2D eigenvalue weighted by Crippen LogP contribution is -2.34. The Hall–Kier alpha value is -2.57. The Balaban J connectivity index is 1.74. The number of benzene rings is 2. The minimum atomic E-state index is -0.198. The molecule has 0 bridgehead atoms. The van der Waals surface area contributed by atoms with Gasteiger partial charge in [-0.05, 0) is 48.7 Å². The smallest absolute Gasteiger partial charge is 0.211 e. The molecule has 3 rings (SSSR count). The summed E-state index contributed by atoms with van der Waals surface area (Å²) < 4.78 is 11.1. The molecular formula is C20H24N2O4. The predicted molar refractivity (Wildman–Crippen MR) is 99.4 cm³/mol. The van der Waals surface area contributed by atoms with Crippen molar-refractivity contribution in [3.8, 4) is 11.5 Å². The number of carbonyl (C=O) groups is 1. The van der Waals surface area contributed by atoms with Crippen molar-refractivity contribution in [1.82, 2.24) is 4.90 Å². The van der Waals surface area contributed by atoms with Crippen LogP contribution in [0.5, 0.6) is 11.5 Å². The number of aromatic hydroxyl groups is 1. The van der Waals surface area contributed by atoms with Gasteiger partial charge in [-0.1, -0.05) is 18.2 Å². The van der Waals surface area contributed by atoms with E-state index in [1.165, 1.54) is 5.56 Å². The molecule has 1 aliphatic rings. The number of methoxy groups -OCH3 is 1. The second-order valence-electron chi connectivity index (χ2n) is 6.40. The largest absolute Gasteiger partial charge is 0.506 e. The van der Waals surface area contributed by atoms with Crippen molar-refractivity contribution in [3.05, 3.63) is 53.6 Å². The van der Waals surface area contributed by atoms with Gasteiger partial charge in [-0.15, -0.1) is 0 Å². The van der Waals surface area contributed by atoms with Crippen molar-refractivity contribution >= 4 is 12.1 Å². The number of ether oxygens (including phenoxy) is 2. The Morgan fingerprint density at radius 2 is 2.12 bits per heavy atom. The summed E-state index contributed by atoms with van der Waals surface area (Å²) in [6, 6.07) is 13.5. The highest BCUT2D eigenvalue weighted by atomic mass is 16.5. The zero-order valence-corrected chi connectivity index (χ0v) is 15.0. The lowest BCUT2D eigenvalue weighted by Gasteiger charge is -2.29. The zero-order valence-electron chi connectivity index (χ0n) is 15.0. The molecular weight excluding hydrogens is 332 g/mol. The minimum absolute atomic E-state index is 0.0386. The summed E-state index contributed by atoms with van der Waals surface area (Å²) in [5.74, 6) is 0.889. The van der Waals surface area contributed by atoms with Crippen LogP contribution in [0.15, 0.2) is 42.5 Å². The summed E-state index contributed by atoms with van der Waals surface area (Å²) in [5, 5.41) is 12.4. The number of phenolic OH excluding ortho intramolecular Hbond substituents is 1. The van der Waals surface area contributed by atoms with E-state index in [4.69, 9.17) is 9.47 Å². The van der Waals surface area contributed by atoms with E-state index in [1.54, 1.807) is 19.2 Å². The molecule has 1 heterocycles. The zero-order chi connectivity index (χ0) is 18.5. The van der Waals surface area contributed by atoms with Crippen LogP contribution in [0, 0.1) is 0 Å². The Morgan fingerprint density at radius 3 is 2.81 bits per heavy atom. The molecule has 1 fully saturated rings. The molecule has 6 heteroatoms. The normalized spacial score (nSPS) is 18.5. The third-order valence-electron chi connectivity index (χ3n) is 4.70. The van der Waals surface area contributed by atoms with E-state index in [-0.39, 0.29) is 18.0 Å². The number of carbonyl (C=O) groups excluding carboxylic acids is 1. The molecule has 2 aromatic rings. The molecule has 138 valence electrons. The van der Waals surface area contributed by atoms with Gasteiger partial charge in [-0.2, -0.15) is 0 Å². The van der Waals surface area contributed by atoms with Crippen LogP contribution in [0.25, 0.3) is 0 Å². The number of nitrogens with one attached hydrogen (secondary N) is 1. The summed E-state index contributed by atoms with van der Waals surface area (Å²) in [6.45, 7) is 3.66. The molecule has 1 aliphatic heterocycles. The van der Waals surface area contributed by atoms with E-state index in [2.05, 4.69) is 29.3 Å². The number of rotatable bonds is 7. The maximum absolute atomic E-state index is 10.7. The Labute approximate surface area is 153 Å². The summed E-state index contributed by atoms with van der Waals surface area (Å²) in [7, 11) is 1.66. The SMILES string of the molecule is COc1ccc(C[C@@H](C)N2CCO[C@@H]2c2ccc(O)c(NC=O)c2)cc1. The number of hydrogen-bond acceptors (Lipinski definition) is 5. The third-order valence-corrected chi connectivity index (χ3v) is 4.70. The highest BCUT2D eigenvalue weighted by Crippen LogP contribution is 2.34. The first kappa shape index (κ1) is 18.2. The molecule has 2 aromatic carbocycles. The summed E-state index contributed by atoms with van der Waals surface area (Å²) >= 11 is 0. The number of amides is 1. The van der Waals surface area contributed by atoms with Gasteiger partial charge in [0.1, 0.15) is 17.7 Å². The van der Waals surface area contributed by atoms with Crippen LogP contribution in [-0.2, 0) is 16.0 Å². The highest BCUT2D eigenvalue weighted by molar-refractivity contribution is 5.75. The van der Waals surface area contributed by atoms with Gasteiger partial charge in [-0.25, -0.2) is 0 Å². The van der Waals surface area contributed by atoms with Crippen LogP contribution in [-0.4, -0.2) is 42.7 Å². The van der Waals surface area contributed by atoms with Gasteiger partial charge < -0.3 is 19.9 Å². The minimum Gasteiger partial charge on any atom is -0.506 e. The summed E-state index contributed by atoms with van der Waals surface area (Å²) in [4.78, 5) is 13.0. The molecule has 0 saturated carbocycles. The monoisotopic (exact) mass is 356 g/mol. The number of anilines is 1. The molecule has 6 nitrogen and oxygen atoms in total. The maximum atomic E-state index is 10.7. The second-order valence-corrected chi connectivity index (χ2v) is 6.40. The Kier molecular flexibility index (Phi) is 5.75. The van der Waals surface area contributed by atoms with Crippen LogP contribution in [0.2, 0.25) is 0 Å². The molecule has 2 atom stereocenters. The Morgan fingerprint density at radius 1 is 1.35 bits per heavy atom. The summed E-state index contributed by atoms with van der Waals surface area (Å²) in [5.41, 5.74) is 2.53. The predicted octanol–water partition coefficient (Wildman–Crippen LogP) is 2.93. The van der Waals surface area contributed by atoms with Crippen LogP contribution in [0.4, 0.5) is 5.69 Å². The second kappa shape index (κ2) is 8.21. The van der Waals surface area contributed by atoms with Gasteiger partial charge in [0, 0.05) is 12.6 Å². The quantitative estimate of drug-likeness (QED) is 0.590. The molecule has 0 aromatic heterocycles. The van der Waals surface area contributed by atoms with Crippen LogP contribution < -0.4 is 10.1 Å². The van der Waals surface area contributed by atoms with Gasteiger partial charge in [-0.3, -0.25) is 9.69 Å². The average Bonchev–Trinajstić information content (AvgIpc) is 3.14.